The van der Waals surface area contributed by atoms with Crippen molar-refractivity contribution in [2.24, 2.45) is 0 Å². The normalized spacial score (nSPS) is 10.3. The molecule has 0 unspecified atom stereocenters. The fourth-order valence-corrected chi connectivity index (χ4v) is 2.26. The molecule has 0 amide bonds. The summed E-state index contributed by atoms with van der Waals surface area (Å²) in [6.07, 6.45) is 0. The van der Waals surface area contributed by atoms with Crippen LogP contribution in [0.5, 0.6) is 0 Å². The quantitative estimate of drug-likeness (QED) is 0.597. The summed E-state index contributed by atoms with van der Waals surface area (Å²) in [6.45, 7) is 0. The maximum absolute atomic E-state index is 6.04. The van der Waals surface area contributed by atoms with Crippen LogP contribution < -0.4 is 5.46 Å². The second-order valence-electron chi connectivity index (χ2n) is 4.53. The Bertz CT molecular complexity index is 687. The highest BCUT2D eigenvalue weighted by Crippen LogP contribution is 2.25. The van der Waals surface area contributed by atoms with Crippen molar-refractivity contribution in [3.05, 3.63) is 78.9 Å². The molecule has 0 aliphatic carbocycles. The van der Waals surface area contributed by atoms with Crippen molar-refractivity contribution in [3.63, 3.8) is 0 Å². The maximum Gasteiger partial charge on any atom is 0.114 e. The van der Waals surface area contributed by atoms with Crippen LogP contribution in [-0.4, -0.2) is 7.85 Å². The summed E-state index contributed by atoms with van der Waals surface area (Å²) in [4.78, 5) is 0. The van der Waals surface area contributed by atoms with Crippen LogP contribution in [0.15, 0.2) is 78.9 Å². The second-order valence-corrected chi connectivity index (χ2v) is 4.53. The van der Waals surface area contributed by atoms with Crippen LogP contribution in [0.1, 0.15) is 0 Å². The van der Waals surface area contributed by atoms with Crippen molar-refractivity contribution >= 4 is 13.3 Å². The molecule has 0 aliphatic heterocycles. The third-order valence-electron chi connectivity index (χ3n) is 3.24. The first-order valence-electron chi connectivity index (χ1n) is 6.35. The Kier molecular flexibility index (Phi) is 3.20. The lowest BCUT2D eigenvalue weighted by Crippen LogP contribution is -2.05. The minimum absolute atomic E-state index is 0.813. The number of rotatable bonds is 2. The van der Waals surface area contributed by atoms with Crippen LogP contribution in [0.4, 0.5) is 0 Å². The van der Waals surface area contributed by atoms with Gasteiger partial charge in [-0.3, -0.25) is 0 Å². The van der Waals surface area contributed by atoms with Gasteiger partial charge >= 0.3 is 0 Å². The highest BCUT2D eigenvalue weighted by Gasteiger charge is 2.02. The van der Waals surface area contributed by atoms with Gasteiger partial charge in [0.05, 0.1) is 0 Å². The number of hydrogen-bond acceptors (Lipinski definition) is 0. The summed E-state index contributed by atoms with van der Waals surface area (Å²) in [5.74, 6) is 0. The molecule has 3 aromatic rings. The molecule has 0 saturated carbocycles. The SMILES string of the molecule is [B]c1ccccc1-c1cccc(-c2ccccc2)c1. The van der Waals surface area contributed by atoms with Crippen LogP contribution in [0.3, 0.4) is 0 Å². The Balaban J connectivity index is 2.09. The Labute approximate surface area is 115 Å². The predicted molar refractivity (Wildman–Crippen MR) is 82.7 cm³/mol. The molecule has 0 fully saturated rings. The van der Waals surface area contributed by atoms with Gasteiger partial charge in [0.15, 0.2) is 0 Å². The fourth-order valence-electron chi connectivity index (χ4n) is 2.26. The van der Waals surface area contributed by atoms with Crippen LogP contribution >= 0.6 is 0 Å². The van der Waals surface area contributed by atoms with E-state index in [0.717, 1.165) is 16.6 Å². The molecule has 19 heavy (non-hydrogen) atoms. The van der Waals surface area contributed by atoms with Crippen molar-refractivity contribution in [2.45, 2.75) is 0 Å². The zero-order chi connectivity index (χ0) is 13.1. The van der Waals surface area contributed by atoms with E-state index in [1.54, 1.807) is 0 Å². The van der Waals surface area contributed by atoms with Gasteiger partial charge in [-0.1, -0.05) is 78.3 Å². The molecule has 0 saturated heterocycles. The summed E-state index contributed by atoms with van der Waals surface area (Å²) in [7, 11) is 6.04. The minimum Gasteiger partial charge on any atom is -0.0890 e. The van der Waals surface area contributed by atoms with Gasteiger partial charge in [-0.2, -0.15) is 0 Å². The van der Waals surface area contributed by atoms with Gasteiger partial charge in [0.1, 0.15) is 7.85 Å². The molecule has 0 heterocycles. The molecule has 0 nitrogen and oxygen atoms in total. The number of benzene rings is 3. The molecule has 0 N–H and O–H groups in total. The standard InChI is InChI=1S/C18H13B/c19-18-12-5-4-11-17(18)16-10-6-9-15(13-16)14-7-2-1-3-8-14/h1-13H. The van der Waals surface area contributed by atoms with E-state index in [1.807, 2.05) is 24.3 Å². The Morgan fingerprint density at radius 3 is 1.95 bits per heavy atom. The summed E-state index contributed by atoms with van der Waals surface area (Å²) in [5.41, 5.74) is 5.48. The first kappa shape index (κ1) is 11.8. The van der Waals surface area contributed by atoms with E-state index in [0.29, 0.717) is 0 Å². The van der Waals surface area contributed by atoms with Gasteiger partial charge in [-0.15, -0.1) is 0 Å². The molecule has 0 aliphatic rings. The van der Waals surface area contributed by atoms with Crippen molar-refractivity contribution in [1.29, 1.82) is 0 Å². The Morgan fingerprint density at radius 1 is 0.526 bits per heavy atom. The van der Waals surface area contributed by atoms with E-state index >= 15 is 0 Å². The van der Waals surface area contributed by atoms with Gasteiger partial charge in [0.25, 0.3) is 0 Å². The molecule has 3 aromatic carbocycles. The monoisotopic (exact) mass is 240 g/mol. The molecule has 88 valence electrons. The molecule has 1 heteroatoms. The topological polar surface area (TPSA) is 0 Å². The largest absolute Gasteiger partial charge is 0.114 e. The van der Waals surface area contributed by atoms with E-state index in [2.05, 4.69) is 54.6 Å². The third kappa shape index (κ3) is 2.46. The van der Waals surface area contributed by atoms with E-state index in [1.165, 1.54) is 11.1 Å². The van der Waals surface area contributed by atoms with E-state index in [9.17, 15) is 0 Å². The number of hydrogen-bond donors (Lipinski definition) is 0. The molecule has 0 atom stereocenters. The smallest absolute Gasteiger partial charge is 0.0890 e. The van der Waals surface area contributed by atoms with Crippen LogP contribution in [0.2, 0.25) is 0 Å². The Morgan fingerprint density at radius 2 is 1.16 bits per heavy atom. The van der Waals surface area contributed by atoms with Crippen LogP contribution in [-0.2, 0) is 0 Å². The van der Waals surface area contributed by atoms with Gasteiger partial charge < -0.3 is 0 Å². The molecule has 0 spiro atoms. The van der Waals surface area contributed by atoms with E-state index in [4.69, 9.17) is 7.85 Å². The molecular formula is C18H13B. The first-order valence-corrected chi connectivity index (χ1v) is 6.35. The highest BCUT2D eigenvalue weighted by molar-refractivity contribution is 6.35. The summed E-state index contributed by atoms with van der Waals surface area (Å²) in [5, 5.41) is 0. The van der Waals surface area contributed by atoms with E-state index in [-0.39, 0.29) is 0 Å². The average Bonchev–Trinajstić information content (AvgIpc) is 2.49. The predicted octanol–water partition coefficient (Wildman–Crippen LogP) is 3.81. The van der Waals surface area contributed by atoms with Crippen molar-refractivity contribution < 1.29 is 0 Å². The summed E-state index contributed by atoms with van der Waals surface area (Å²) >= 11 is 0. The average molecular weight is 240 g/mol. The van der Waals surface area contributed by atoms with Gasteiger partial charge in [-0.25, -0.2) is 0 Å². The highest BCUT2D eigenvalue weighted by atomic mass is 14.1. The second kappa shape index (κ2) is 5.15. The lowest BCUT2D eigenvalue weighted by molar-refractivity contribution is 1.60. The molecule has 0 bridgehead atoms. The van der Waals surface area contributed by atoms with Crippen molar-refractivity contribution in [2.75, 3.05) is 0 Å². The Hall–Kier alpha value is -2.28. The molecule has 2 radical (unpaired) electrons. The van der Waals surface area contributed by atoms with Crippen molar-refractivity contribution in [1.82, 2.24) is 0 Å². The van der Waals surface area contributed by atoms with Crippen molar-refractivity contribution in [3.8, 4) is 22.3 Å². The fraction of sp³-hybridized carbons (Fsp3) is 0. The maximum atomic E-state index is 6.04. The zero-order valence-corrected chi connectivity index (χ0v) is 10.6. The molecular weight excluding hydrogens is 227 g/mol. The minimum atomic E-state index is 0.813. The lowest BCUT2D eigenvalue weighted by Gasteiger charge is -2.08. The van der Waals surface area contributed by atoms with Gasteiger partial charge in [-0.05, 0) is 28.3 Å². The van der Waals surface area contributed by atoms with Crippen LogP contribution in [0.25, 0.3) is 22.3 Å². The van der Waals surface area contributed by atoms with Gasteiger partial charge in [0.2, 0.25) is 0 Å². The third-order valence-corrected chi connectivity index (χ3v) is 3.24. The first-order chi connectivity index (χ1) is 9.34. The lowest BCUT2D eigenvalue weighted by atomic mass is 9.86. The summed E-state index contributed by atoms with van der Waals surface area (Å²) in [6, 6.07) is 26.8. The summed E-state index contributed by atoms with van der Waals surface area (Å²) < 4.78 is 0. The van der Waals surface area contributed by atoms with Gasteiger partial charge in [0, 0.05) is 0 Å². The van der Waals surface area contributed by atoms with E-state index < -0.39 is 0 Å². The zero-order valence-electron chi connectivity index (χ0n) is 10.6. The van der Waals surface area contributed by atoms with Crippen LogP contribution in [0, 0.1) is 0 Å². The molecule has 3 rings (SSSR count). The molecule has 0 aromatic heterocycles.